The molecule has 1 saturated carbocycles. The first kappa shape index (κ1) is 15.8. The summed E-state index contributed by atoms with van der Waals surface area (Å²) in [5.74, 6) is -0.802. The molecular formula is C15H22N2O3S. The minimum Gasteiger partial charge on any atom is -0.481 e. The summed E-state index contributed by atoms with van der Waals surface area (Å²) >= 11 is 1.61. The Hall–Kier alpha value is -1.56. The number of hydrogen-bond acceptors (Lipinski definition) is 3. The molecule has 0 atom stereocenters. The zero-order valence-corrected chi connectivity index (χ0v) is 13.3. The van der Waals surface area contributed by atoms with Gasteiger partial charge in [-0.05, 0) is 38.1 Å². The lowest BCUT2D eigenvalue weighted by Gasteiger charge is -2.38. The van der Waals surface area contributed by atoms with E-state index in [1.165, 1.54) is 0 Å². The number of nitrogens with one attached hydrogen (secondary N) is 1. The molecule has 1 aromatic heterocycles. The van der Waals surface area contributed by atoms with Gasteiger partial charge >= 0.3 is 12.0 Å². The van der Waals surface area contributed by atoms with Crippen LogP contribution in [0.2, 0.25) is 0 Å². The number of thiophene rings is 1. The SMILES string of the molecule is CC(C)N(Cc1cccs1)C(=O)NCC1(C(=O)O)CCC1. The van der Waals surface area contributed by atoms with Gasteiger partial charge < -0.3 is 15.3 Å². The molecule has 2 amide bonds. The van der Waals surface area contributed by atoms with Crippen LogP contribution in [-0.2, 0) is 11.3 Å². The first-order valence-electron chi connectivity index (χ1n) is 7.25. The van der Waals surface area contributed by atoms with Gasteiger partial charge in [-0.3, -0.25) is 4.79 Å². The van der Waals surface area contributed by atoms with Gasteiger partial charge in [0.15, 0.2) is 0 Å². The third-order valence-electron chi connectivity index (χ3n) is 4.13. The highest BCUT2D eigenvalue weighted by atomic mass is 32.1. The number of aliphatic carboxylic acids is 1. The van der Waals surface area contributed by atoms with Gasteiger partial charge in [-0.15, -0.1) is 11.3 Å². The summed E-state index contributed by atoms with van der Waals surface area (Å²) in [5.41, 5.74) is -0.749. The quantitative estimate of drug-likeness (QED) is 0.849. The fraction of sp³-hybridized carbons (Fsp3) is 0.600. The van der Waals surface area contributed by atoms with Crippen LogP contribution >= 0.6 is 11.3 Å². The summed E-state index contributed by atoms with van der Waals surface area (Å²) in [6.45, 7) is 4.70. The minimum absolute atomic E-state index is 0.0641. The van der Waals surface area contributed by atoms with Crippen molar-refractivity contribution >= 4 is 23.3 Å². The van der Waals surface area contributed by atoms with E-state index in [0.29, 0.717) is 19.4 Å². The molecule has 21 heavy (non-hydrogen) atoms. The minimum atomic E-state index is -0.802. The highest BCUT2D eigenvalue weighted by molar-refractivity contribution is 7.09. The molecule has 0 unspecified atom stereocenters. The summed E-state index contributed by atoms with van der Waals surface area (Å²) < 4.78 is 0. The van der Waals surface area contributed by atoms with Gasteiger partial charge in [0.25, 0.3) is 0 Å². The van der Waals surface area contributed by atoms with E-state index in [1.54, 1.807) is 16.2 Å². The molecule has 6 heteroatoms. The normalized spacial score (nSPS) is 16.3. The van der Waals surface area contributed by atoms with Gasteiger partial charge in [0.1, 0.15) is 0 Å². The van der Waals surface area contributed by atoms with Crippen LogP contribution in [0.25, 0.3) is 0 Å². The summed E-state index contributed by atoms with van der Waals surface area (Å²) in [7, 11) is 0. The first-order chi connectivity index (χ1) is 9.94. The molecule has 2 rings (SSSR count). The van der Waals surface area contributed by atoms with Gasteiger partial charge in [0.05, 0.1) is 12.0 Å². The molecule has 116 valence electrons. The van der Waals surface area contributed by atoms with E-state index in [-0.39, 0.29) is 18.6 Å². The Bertz CT molecular complexity index is 495. The second-order valence-corrected chi connectivity index (χ2v) is 6.93. The van der Waals surface area contributed by atoms with Crippen molar-refractivity contribution in [1.29, 1.82) is 0 Å². The molecular weight excluding hydrogens is 288 g/mol. The Morgan fingerprint density at radius 3 is 2.62 bits per heavy atom. The molecule has 1 aliphatic carbocycles. The lowest BCUT2D eigenvalue weighted by molar-refractivity contribution is -0.153. The van der Waals surface area contributed by atoms with E-state index in [1.807, 2.05) is 31.4 Å². The first-order valence-corrected chi connectivity index (χ1v) is 8.13. The van der Waals surface area contributed by atoms with E-state index in [9.17, 15) is 14.7 Å². The van der Waals surface area contributed by atoms with Crippen LogP contribution in [0.5, 0.6) is 0 Å². The fourth-order valence-electron chi connectivity index (χ4n) is 2.48. The third kappa shape index (κ3) is 3.56. The molecule has 5 nitrogen and oxygen atoms in total. The lowest BCUT2D eigenvalue weighted by Crippen LogP contribution is -2.51. The van der Waals surface area contributed by atoms with Crippen LogP contribution in [0, 0.1) is 5.41 Å². The monoisotopic (exact) mass is 310 g/mol. The summed E-state index contributed by atoms with van der Waals surface area (Å²) in [4.78, 5) is 26.5. The zero-order chi connectivity index (χ0) is 15.5. The maximum absolute atomic E-state index is 12.3. The highest BCUT2D eigenvalue weighted by Gasteiger charge is 2.44. The Morgan fingerprint density at radius 1 is 1.48 bits per heavy atom. The Kier molecular flexibility index (Phi) is 4.88. The van der Waals surface area contributed by atoms with Crippen molar-refractivity contribution in [3.05, 3.63) is 22.4 Å². The number of carboxylic acid groups (broad SMARTS) is 1. The maximum Gasteiger partial charge on any atom is 0.317 e. The van der Waals surface area contributed by atoms with Gasteiger partial charge in [0, 0.05) is 17.5 Å². The average molecular weight is 310 g/mol. The number of urea groups is 1. The number of carbonyl (C=O) groups excluding carboxylic acids is 1. The summed E-state index contributed by atoms with van der Waals surface area (Å²) in [6.07, 6.45) is 2.22. The van der Waals surface area contributed by atoms with E-state index >= 15 is 0 Å². The molecule has 0 radical (unpaired) electrons. The van der Waals surface area contributed by atoms with Crippen molar-refractivity contribution in [2.45, 2.75) is 45.7 Å². The molecule has 0 aromatic carbocycles. The lowest BCUT2D eigenvalue weighted by atomic mass is 9.69. The Balaban J connectivity index is 1.94. The molecule has 1 fully saturated rings. The van der Waals surface area contributed by atoms with Crippen LogP contribution in [0.15, 0.2) is 17.5 Å². The predicted octanol–water partition coefficient (Wildman–Crippen LogP) is 2.92. The maximum atomic E-state index is 12.3. The number of carboxylic acids is 1. The van der Waals surface area contributed by atoms with E-state index in [0.717, 1.165) is 11.3 Å². The largest absolute Gasteiger partial charge is 0.481 e. The standard InChI is InChI=1S/C15H22N2O3S/c1-11(2)17(9-12-5-3-8-21-12)14(20)16-10-15(13(18)19)6-4-7-15/h3,5,8,11H,4,6-7,9-10H2,1-2H3,(H,16,20)(H,18,19). The Morgan fingerprint density at radius 2 is 2.19 bits per heavy atom. The molecule has 2 N–H and O–H groups in total. The topological polar surface area (TPSA) is 69.6 Å². The van der Waals surface area contributed by atoms with E-state index < -0.39 is 11.4 Å². The van der Waals surface area contributed by atoms with Crippen molar-refractivity contribution in [2.24, 2.45) is 5.41 Å². The number of nitrogens with zero attached hydrogens (tertiary/aromatic N) is 1. The van der Waals surface area contributed by atoms with E-state index in [2.05, 4.69) is 5.32 Å². The third-order valence-corrected chi connectivity index (χ3v) is 4.99. The van der Waals surface area contributed by atoms with Crippen molar-refractivity contribution in [1.82, 2.24) is 10.2 Å². The number of rotatable bonds is 6. The second kappa shape index (κ2) is 6.47. The summed E-state index contributed by atoms with van der Waals surface area (Å²) in [5, 5.41) is 14.1. The smallest absolute Gasteiger partial charge is 0.317 e. The average Bonchev–Trinajstić information content (AvgIpc) is 2.86. The van der Waals surface area contributed by atoms with Gasteiger partial charge in [0.2, 0.25) is 0 Å². The van der Waals surface area contributed by atoms with Crippen LogP contribution in [-0.4, -0.2) is 34.6 Å². The van der Waals surface area contributed by atoms with Crippen molar-refractivity contribution in [2.75, 3.05) is 6.54 Å². The van der Waals surface area contributed by atoms with Crippen LogP contribution < -0.4 is 5.32 Å². The number of hydrogen-bond donors (Lipinski definition) is 2. The van der Waals surface area contributed by atoms with Gasteiger partial charge in [-0.2, -0.15) is 0 Å². The molecule has 0 saturated heterocycles. The molecule has 0 spiro atoms. The van der Waals surface area contributed by atoms with Crippen molar-refractivity contribution < 1.29 is 14.7 Å². The molecule has 1 aromatic rings. The predicted molar refractivity (Wildman–Crippen MR) is 82.3 cm³/mol. The fourth-order valence-corrected chi connectivity index (χ4v) is 3.18. The molecule has 0 bridgehead atoms. The van der Waals surface area contributed by atoms with Crippen LogP contribution in [0.4, 0.5) is 4.79 Å². The van der Waals surface area contributed by atoms with E-state index in [4.69, 9.17) is 0 Å². The van der Waals surface area contributed by atoms with Crippen molar-refractivity contribution in [3.63, 3.8) is 0 Å². The van der Waals surface area contributed by atoms with Crippen LogP contribution in [0.1, 0.15) is 38.0 Å². The van der Waals surface area contributed by atoms with Crippen molar-refractivity contribution in [3.8, 4) is 0 Å². The zero-order valence-electron chi connectivity index (χ0n) is 12.5. The molecule has 0 aliphatic heterocycles. The number of amides is 2. The molecule has 1 heterocycles. The Labute approximate surface area is 129 Å². The van der Waals surface area contributed by atoms with Gasteiger partial charge in [-0.1, -0.05) is 12.5 Å². The van der Waals surface area contributed by atoms with Crippen LogP contribution in [0.3, 0.4) is 0 Å². The summed E-state index contributed by atoms with van der Waals surface area (Å²) in [6, 6.07) is 3.84. The number of carbonyl (C=O) groups is 2. The van der Waals surface area contributed by atoms with Gasteiger partial charge in [-0.25, -0.2) is 4.79 Å². The highest BCUT2D eigenvalue weighted by Crippen LogP contribution is 2.40. The molecule has 1 aliphatic rings. The second-order valence-electron chi connectivity index (χ2n) is 5.90.